The van der Waals surface area contributed by atoms with Crippen molar-refractivity contribution in [3.8, 4) is 0 Å². The lowest BCUT2D eigenvalue weighted by molar-refractivity contribution is 0.676. The molecule has 3 aromatic rings. The van der Waals surface area contributed by atoms with Gasteiger partial charge in [-0.3, -0.25) is 0 Å². The molecule has 0 saturated carbocycles. The number of rotatable bonds is 5. The number of hydrogen-bond donors (Lipinski definition) is 2. The molecule has 0 atom stereocenters. The van der Waals surface area contributed by atoms with Gasteiger partial charge in [-0.2, -0.15) is 0 Å². The van der Waals surface area contributed by atoms with Gasteiger partial charge < -0.3 is 10.3 Å². The Kier molecular flexibility index (Phi) is 3.56. The Morgan fingerprint density at radius 1 is 1.05 bits per heavy atom. The maximum Gasteiger partial charge on any atom is 0.107 e. The third-order valence-electron chi connectivity index (χ3n) is 3.29. The standard InChI is InChI=1S/C16H17N3/c1-2-7-15-13(4-1)5-3-6-14(15)12-17-9-8-16-18-10-11-19-16/h1-7,10-11,17H,8-9,12H2,(H,18,19). The molecular weight excluding hydrogens is 234 g/mol. The topological polar surface area (TPSA) is 40.7 Å². The van der Waals surface area contributed by atoms with Crippen molar-refractivity contribution in [1.29, 1.82) is 0 Å². The van der Waals surface area contributed by atoms with E-state index >= 15 is 0 Å². The van der Waals surface area contributed by atoms with Crippen molar-refractivity contribution in [3.05, 3.63) is 66.2 Å². The highest BCUT2D eigenvalue weighted by Crippen LogP contribution is 2.18. The van der Waals surface area contributed by atoms with Gasteiger partial charge in [0.15, 0.2) is 0 Å². The van der Waals surface area contributed by atoms with Gasteiger partial charge in [-0.25, -0.2) is 4.98 Å². The summed E-state index contributed by atoms with van der Waals surface area (Å²) in [7, 11) is 0. The second kappa shape index (κ2) is 5.67. The van der Waals surface area contributed by atoms with Gasteiger partial charge in [0.2, 0.25) is 0 Å². The summed E-state index contributed by atoms with van der Waals surface area (Å²) in [5.74, 6) is 1.03. The number of nitrogens with one attached hydrogen (secondary N) is 2. The largest absolute Gasteiger partial charge is 0.349 e. The number of aromatic amines is 1. The number of imidazole rings is 1. The van der Waals surface area contributed by atoms with Crippen molar-refractivity contribution in [1.82, 2.24) is 15.3 Å². The third-order valence-corrected chi connectivity index (χ3v) is 3.29. The van der Waals surface area contributed by atoms with Gasteiger partial charge in [-0.15, -0.1) is 0 Å². The molecule has 19 heavy (non-hydrogen) atoms. The van der Waals surface area contributed by atoms with E-state index in [4.69, 9.17) is 0 Å². The lowest BCUT2D eigenvalue weighted by Gasteiger charge is -2.07. The van der Waals surface area contributed by atoms with E-state index in [0.29, 0.717) is 0 Å². The first-order chi connectivity index (χ1) is 9.43. The van der Waals surface area contributed by atoms with Crippen LogP contribution in [0.25, 0.3) is 10.8 Å². The van der Waals surface area contributed by atoms with Crippen molar-refractivity contribution in [2.45, 2.75) is 13.0 Å². The Bertz CT molecular complexity index is 639. The van der Waals surface area contributed by atoms with Gasteiger partial charge in [-0.1, -0.05) is 42.5 Å². The van der Waals surface area contributed by atoms with Crippen LogP contribution in [0.5, 0.6) is 0 Å². The van der Waals surface area contributed by atoms with Crippen LogP contribution in [0.3, 0.4) is 0 Å². The van der Waals surface area contributed by atoms with Crippen LogP contribution in [0, 0.1) is 0 Å². The van der Waals surface area contributed by atoms with E-state index < -0.39 is 0 Å². The van der Waals surface area contributed by atoms with Gasteiger partial charge in [0, 0.05) is 31.9 Å². The van der Waals surface area contributed by atoms with Crippen LogP contribution in [-0.2, 0) is 13.0 Å². The van der Waals surface area contributed by atoms with Crippen molar-refractivity contribution in [3.63, 3.8) is 0 Å². The first kappa shape index (κ1) is 11.9. The highest BCUT2D eigenvalue weighted by atomic mass is 14.9. The first-order valence-corrected chi connectivity index (χ1v) is 6.59. The van der Waals surface area contributed by atoms with Crippen LogP contribution < -0.4 is 5.32 Å². The molecule has 0 aliphatic rings. The second-order valence-electron chi connectivity index (χ2n) is 4.60. The summed E-state index contributed by atoms with van der Waals surface area (Å²) in [4.78, 5) is 7.33. The van der Waals surface area contributed by atoms with E-state index in [0.717, 1.165) is 25.3 Å². The minimum absolute atomic E-state index is 0.891. The van der Waals surface area contributed by atoms with Crippen LogP contribution in [0.2, 0.25) is 0 Å². The minimum Gasteiger partial charge on any atom is -0.349 e. The molecule has 1 aromatic heterocycles. The fraction of sp³-hybridized carbons (Fsp3) is 0.188. The average molecular weight is 251 g/mol. The molecule has 0 unspecified atom stereocenters. The Hall–Kier alpha value is -2.13. The van der Waals surface area contributed by atoms with Crippen LogP contribution in [0.15, 0.2) is 54.9 Å². The second-order valence-corrected chi connectivity index (χ2v) is 4.60. The lowest BCUT2D eigenvalue weighted by atomic mass is 10.0. The van der Waals surface area contributed by atoms with Crippen molar-refractivity contribution in [2.75, 3.05) is 6.54 Å². The fourth-order valence-electron chi connectivity index (χ4n) is 2.31. The molecule has 0 aliphatic heterocycles. The Balaban J connectivity index is 1.62. The van der Waals surface area contributed by atoms with E-state index in [1.807, 2.05) is 6.20 Å². The zero-order chi connectivity index (χ0) is 12.9. The highest BCUT2D eigenvalue weighted by Gasteiger charge is 2.00. The molecule has 0 aliphatic carbocycles. The molecule has 0 spiro atoms. The molecule has 96 valence electrons. The number of benzene rings is 2. The van der Waals surface area contributed by atoms with Crippen LogP contribution in [0.4, 0.5) is 0 Å². The zero-order valence-corrected chi connectivity index (χ0v) is 10.8. The maximum absolute atomic E-state index is 4.22. The molecular formula is C16H17N3. The van der Waals surface area contributed by atoms with E-state index in [1.54, 1.807) is 6.20 Å². The van der Waals surface area contributed by atoms with Gasteiger partial charge in [0.05, 0.1) is 0 Å². The molecule has 0 fully saturated rings. The van der Waals surface area contributed by atoms with Gasteiger partial charge in [0.25, 0.3) is 0 Å². The lowest BCUT2D eigenvalue weighted by Crippen LogP contribution is -2.17. The number of aromatic nitrogens is 2. The summed E-state index contributed by atoms with van der Waals surface area (Å²) < 4.78 is 0. The van der Waals surface area contributed by atoms with Crippen molar-refractivity contribution >= 4 is 10.8 Å². The predicted molar refractivity (Wildman–Crippen MR) is 77.9 cm³/mol. The smallest absolute Gasteiger partial charge is 0.107 e. The molecule has 2 N–H and O–H groups in total. The molecule has 0 radical (unpaired) electrons. The molecule has 3 nitrogen and oxygen atoms in total. The number of fused-ring (bicyclic) bond motifs is 1. The summed E-state index contributed by atoms with van der Waals surface area (Å²) in [6.07, 6.45) is 4.58. The number of hydrogen-bond acceptors (Lipinski definition) is 2. The molecule has 2 aromatic carbocycles. The minimum atomic E-state index is 0.891. The fourth-order valence-corrected chi connectivity index (χ4v) is 2.31. The summed E-state index contributed by atoms with van der Waals surface area (Å²) >= 11 is 0. The van der Waals surface area contributed by atoms with Gasteiger partial charge in [-0.05, 0) is 16.3 Å². The third kappa shape index (κ3) is 2.83. The molecule has 1 heterocycles. The van der Waals surface area contributed by atoms with Crippen LogP contribution in [0.1, 0.15) is 11.4 Å². The SMILES string of the molecule is c1ccc2c(CNCCc3ncc[nH]3)cccc2c1. The Labute approximate surface area is 112 Å². The molecule has 0 bridgehead atoms. The molecule has 3 rings (SSSR count). The van der Waals surface area contributed by atoms with E-state index in [2.05, 4.69) is 57.7 Å². The monoisotopic (exact) mass is 251 g/mol. The van der Waals surface area contributed by atoms with Crippen LogP contribution in [-0.4, -0.2) is 16.5 Å². The van der Waals surface area contributed by atoms with Gasteiger partial charge >= 0.3 is 0 Å². The molecule has 0 amide bonds. The molecule has 3 heteroatoms. The highest BCUT2D eigenvalue weighted by molar-refractivity contribution is 5.85. The summed E-state index contributed by atoms with van der Waals surface area (Å²) in [6.45, 7) is 1.82. The summed E-state index contributed by atoms with van der Waals surface area (Å²) in [5, 5.41) is 6.10. The van der Waals surface area contributed by atoms with E-state index in [9.17, 15) is 0 Å². The van der Waals surface area contributed by atoms with Gasteiger partial charge in [0.1, 0.15) is 5.82 Å². The van der Waals surface area contributed by atoms with Crippen molar-refractivity contribution < 1.29 is 0 Å². The summed E-state index contributed by atoms with van der Waals surface area (Å²) in [5.41, 5.74) is 1.34. The van der Waals surface area contributed by atoms with Crippen molar-refractivity contribution in [2.24, 2.45) is 0 Å². The van der Waals surface area contributed by atoms with Crippen LogP contribution >= 0.6 is 0 Å². The number of H-pyrrole nitrogens is 1. The zero-order valence-electron chi connectivity index (χ0n) is 10.8. The Morgan fingerprint density at radius 2 is 1.95 bits per heavy atom. The normalized spacial score (nSPS) is 10.9. The molecule has 0 saturated heterocycles. The number of nitrogens with zero attached hydrogens (tertiary/aromatic N) is 1. The quantitative estimate of drug-likeness (QED) is 0.685. The average Bonchev–Trinajstić information content (AvgIpc) is 2.97. The van der Waals surface area contributed by atoms with E-state index in [1.165, 1.54) is 16.3 Å². The first-order valence-electron chi connectivity index (χ1n) is 6.59. The summed E-state index contributed by atoms with van der Waals surface area (Å²) in [6, 6.07) is 15.0. The Morgan fingerprint density at radius 3 is 2.84 bits per heavy atom. The maximum atomic E-state index is 4.22. The van der Waals surface area contributed by atoms with E-state index in [-0.39, 0.29) is 0 Å². The predicted octanol–water partition coefficient (Wildman–Crippen LogP) is 2.90.